The molecule has 2 aromatic carbocycles. The molecule has 0 saturated heterocycles. The molecule has 6 N–H and O–H groups in total. The third-order valence-electron chi connectivity index (χ3n) is 4.94. The van der Waals surface area contributed by atoms with Gasteiger partial charge in [0.25, 0.3) is 0 Å². The van der Waals surface area contributed by atoms with E-state index in [0.29, 0.717) is 0 Å². The van der Waals surface area contributed by atoms with E-state index in [2.05, 4.69) is 19.9 Å². The largest absolute Gasteiger partial charge is 0.399 e. The number of aryl methyl sites for hydroxylation is 2. The number of aromatic nitrogens is 4. The van der Waals surface area contributed by atoms with E-state index in [1.54, 1.807) is 0 Å². The predicted molar refractivity (Wildman–Crippen MR) is 126 cm³/mol. The van der Waals surface area contributed by atoms with Crippen molar-refractivity contribution in [3.63, 3.8) is 0 Å². The zero-order valence-corrected chi connectivity index (χ0v) is 17.9. The van der Waals surface area contributed by atoms with Crippen molar-refractivity contribution in [2.24, 2.45) is 0 Å². The summed E-state index contributed by atoms with van der Waals surface area (Å²) in [6, 6.07) is 11.6. The minimum absolute atomic E-state index is 0. The summed E-state index contributed by atoms with van der Waals surface area (Å²) in [7, 11) is 0. The molecule has 0 amide bonds. The van der Waals surface area contributed by atoms with Crippen LogP contribution in [-0.4, -0.2) is 19.9 Å². The maximum Gasteiger partial charge on any atom is 0.107 e. The minimum atomic E-state index is 0. The van der Waals surface area contributed by atoms with Gasteiger partial charge in [0.05, 0.1) is 22.1 Å². The molecule has 0 bridgehead atoms. The van der Waals surface area contributed by atoms with E-state index >= 15 is 0 Å². The first-order chi connectivity index (χ1) is 13.2. The molecule has 0 spiro atoms. The summed E-state index contributed by atoms with van der Waals surface area (Å²) in [5.74, 6) is 2.11. The molecule has 4 rings (SSSR count). The summed E-state index contributed by atoms with van der Waals surface area (Å²) in [6.07, 6.45) is 7.95. The van der Waals surface area contributed by atoms with Crippen molar-refractivity contribution in [2.75, 3.05) is 11.5 Å². The molecule has 6 nitrogen and oxygen atoms in total. The fourth-order valence-electron chi connectivity index (χ4n) is 3.51. The van der Waals surface area contributed by atoms with E-state index in [9.17, 15) is 0 Å². The zero-order valence-electron chi connectivity index (χ0n) is 16.3. The average molecular weight is 435 g/mol. The van der Waals surface area contributed by atoms with E-state index in [1.807, 2.05) is 36.4 Å². The normalized spacial score (nSPS) is 10.8. The number of H-pyrrole nitrogens is 2. The number of imidazole rings is 2. The Labute approximate surface area is 182 Å². The molecule has 2 aromatic heterocycles. The Morgan fingerprint density at radius 3 is 1.48 bits per heavy atom. The summed E-state index contributed by atoms with van der Waals surface area (Å²) < 4.78 is 0. The molecule has 2 heterocycles. The molecular formula is C21H28Cl2N6. The molecule has 156 valence electrons. The summed E-state index contributed by atoms with van der Waals surface area (Å²) in [5, 5.41) is 0. The van der Waals surface area contributed by atoms with Gasteiger partial charge in [-0.05, 0) is 49.2 Å². The fraction of sp³-hybridized carbons (Fsp3) is 0.333. The number of fused-ring (bicyclic) bond motifs is 2. The van der Waals surface area contributed by atoms with Crippen LogP contribution in [0.15, 0.2) is 36.4 Å². The van der Waals surface area contributed by atoms with Gasteiger partial charge < -0.3 is 21.4 Å². The molecule has 0 aliphatic heterocycles. The van der Waals surface area contributed by atoms with Crippen molar-refractivity contribution in [1.29, 1.82) is 0 Å². The van der Waals surface area contributed by atoms with E-state index in [-0.39, 0.29) is 24.8 Å². The Morgan fingerprint density at radius 1 is 0.621 bits per heavy atom. The van der Waals surface area contributed by atoms with Crippen molar-refractivity contribution in [2.45, 2.75) is 44.9 Å². The fourth-order valence-corrected chi connectivity index (χ4v) is 3.51. The van der Waals surface area contributed by atoms with E-state index < -0.39 is 0 Å². The number of halogens is 2. The van der Waals surface area contributed by atoms with Gasteiger partial charge in [-0.15, -0.1) is 24.8 Å². The first-order valence-electron chi connectivity index (χ1n) is 9.65. The van der Waals surface area contributed by atoms with Gasteiger partial charge in [-0.25, -0.2) is 9.97 Å². The van der Waals surface area contributed by atoms with Crippen molar-refractivity contribution < 1.29 is 0 Å². The summed E-state index contributed by atoms with van der Waals surface area (Å²) in [6.45, 7) is 0. The molecular weight excluding hydrogens is 407 g/mol. The van der Waals surface area contributed by atoms with Crippen LogP contribution in [-0.2, 0) is 12.8 Å². The van der Waals surface area contributed by atoms with Gasteiger partial charge in [0, 0.05) is 24.2 Å². The highest BCUT2D eigenvalue weighted by atomic mass is 35.5. The number of anilines is 2. The maximum atomic E-state index is 5.81. The van der Waals surface area contributed by atoms with Crippen LogP contribution in [0.1, 0.15) is 43.8 Å². The molecule has 0 fully saturated rings. The number of benzene rings is 2. The third-order valence-corrected chi connectivity index (χ3v) is 4.94. The predicted octanol–water partition coefficient (Wildman–Crippen LogP) is 5.18. The highest BCUT2D eigenvalue weighted by Crippen LogP contribution is 2.18. The Bertz CT molecular complexity index is 972. The quantitative estimate of drug-likeness (QED) is 0.226. The van der Waals surface area contributed by atoms with E-state index in [1.165, 1.54) is 19.3 Å². The monoisotopic (exact) mass is 434 g/mol. The molecule has 4 aromatic rings. The second-order valence-electron chi connectivity index (χ2n) is 7.19. The number of nitrogens with zero attached hydrogens (tertiary/aromatic N) is 2. The standard InChI is InChI=1S/C21H26N6.2ClH/c22-14-8-10-16-18(12-14)26-20(24-16)6-4-2-1-3-5-7-21-25-17-11-9-15(23)13-19(17)27-21;;/h8-13H,1-7,22-23H2,(H,24,26)(H,25,27);2*1H. The van der Waals surface area contributed by atoms with Gasteiger partial charge in [-0.3, -0.25) is 0 Å². The molecule has 29 heavy (non-hydrogen) atoms. The number of rotatable bonds is 8. The Balaban J connectivity index is 0.00000150. The van der Waals surface area contributed by atoms with Crippen molar-refractivity contribution in [3.8, 4) is 0 Å². The van der Waals surface area contributed by atoms with Crippen LogP contribution in [0.4, 0.5) is 11.4 Å². The Hall–Kier alpha value is -2.44. The SMILES string of the molecule is Cl.Cl.Nc1ccc2nc(CCCCCCCc3nc4ccc(N)cc4[nH]3)[nH]c2c1. The van der Waals surface area contributed by atoms with Crippen LogP contribution in [0.3, 0.4) is 0 Å². The second kappa shape index (κ2) is 10.4. The van der Waals surface area contributed by atoms with Crippen LogP contribution in [0, 0.1) is 0 Å². The number of hydrogen-bond donors (Lipinski definition) is 4. The highest BCUT2D eigenvalue weighted by molar-refractivity contribution is 5.85. The van der Waals surface area contributed by atoms with Gasteiger partial charge in [0.15, 0.2) is 0 Å². The lowest BCUT2D eigenvalue weighted by atomic mass is 10.1. The highest BCUT2D eigenvalue weighted by Gasteiger charge is 2.04. The first kappa shape index (κ1) is 22.8. The molecule has 0 aliphatic carbocycles. The Morgan fingerprint density at radius 2 is 1.03 bits per heavy atom. The number of nitrogen functional groups attached to an aromatic ring is 2. The van der Waals surface area contributed by atoms with Gasteiger partial charge in [0.2, 0.25) is 0 Å². The van der Waals surface area contributed by atoms with E-state index in [4.69, 9.17) is 11.5 Å². The topological polar surface area (TPSA) is 109 Å². The van der Waals surface area contributed by atoms with Crippen LogP contribution in [0.25, 0.3) is 22.1 Å². The molecule has 0 saturated carbocycles. The smallest absolute Gasteiger partial charge is 0.107 e. The molecule has 0 atom stereocenters. The van der Waals surface area contributed by atoms with Crippen LogP contribution < -0.4 is 11.5 Å². The lowest BCUT2D eigenvalue weighted by Gasteiger charge is -2.00. The molecule has 0 radical (unpaired) electrons. The maximum absolute atomic E-state index is 5.81. The van der Waals surface area contributed by atoms with Gasteiger partial charge in [0.1, 0.15) is 11.6 Å². The number of hydrogen-bond acceptors (Lipinski definition) is 4. The van der Waals surface area contributed by atoms with Gasteiger partial charge in [-0.1, -0.05) is 19.3 Å². The van der Waals surface area contributed by atoms with Gasteiger partial charge in [-0.2, -0.15) is 0 Å². The van der Waals surface area contributed by atoms with Crippen LogP contribution in [0.5, 0.6) is 0 Å². The van der Waals surface area contributed by atoms with Crippen LogP contribution >= 0.6 is 24.8 Å². The first-order valence-corrected chi connectivity index (χ1v) is 9.65. The lowest BCUT2D eigenvalue weighted by molar-refractivity contribution is 0.603. The second-order valence-corrected chi connectivity index (χ2v) is 7.19. The van der Waals surface area contributed by atoms with Crippen molar-refractivity contribution >= 4 is 58.3 Å². The molecule has 0 aliphatic rings. The van der Waals surface area contributed by atoms with Gasteiger partial charge >= 0.3 is 0 Å². The zero-order chi connectivity index (χ0) is 18.6. The summed E-state index contributed by atoms with van der Waals surface area (Å²) >= 11 is 0. The molecule has 0 unspecified atom stereocenters. The summed E-state index contributed by atoms with van der Waals surface area (Å²) in [5.41, 5.74) is 17.2. The number of nitrogens with two attached hydrogens (primary N) is 2. The minimum Gasteiger partial charge on any atom is -0.399 e. The van der Waals surface area contributed by atoms with Crippen molar-refractivity contribution in [3.05, 3.63) is 48.0 Å². The Kier molecular flexibility index (Phi) is 8.17. The summed E-state index contributed by atoms with van der Waals surface area (Å²) in [4.78, 5) is 16.0. The third kappa shape index (κ3) is 5.78. The van der Waals surface area contributed by atoms with Crippen molar-refractivity contribution in [1.82, 2.24) is 19.9 Å². The number of unbranched alkanes of at least 4 members (excludes halogenated alkanes) is 4. The average Bonchev–Trinajstić information content (AvgIpc) is 3.23. The lowest BCUT2D eigenvalue weighted by Crippen LogP contribution is -1.91. The van der Waals surface area contributed by atoms with E-state index in [0.717, 1.165) is 70.8 Å². The molecule has 8 heteroatoms. The van der Waals surface area contributed by atoms with Crippen LogP contribution in [0.2, 0.25) is 0 Å². The number of nitrogens with one attached hydrogen (secondary N) is 2. The number of aromatic amines is 2.